The molecule has 0 aliphatic carbocycles. The van der Waals surface area contributed by atoms with Crippen molar-refractivity contribution < 1.29 is 8.42 Å². The number of sulfonamides is 1. The second-order valence-corrected chi connectivity index (χ2v) is 7.86. The Morgan fingerprint density at radius 2 is 1.95 bits per heavy atom. The van der Waals surface area contributed by atoms with Crippen molar-refractivity contribution in [3.63, 3.8) is 0 Å². The van der Waals surface area contributed by atoms with Gasteiger partial charge < -0.3 is 0 Å². The molecule has 7 heteroatoms. The molecule has 2 aromatic rings. The van der Waals surface area contributed by atoms with Crippen LogP contribution in [-0.4, -0.2) is 34.7 Å². The van der Waals surface area contributed by atoms with Crippen LogP contribution in [0.3, 0.4) is 0 Å². The van der Waals surface area contributed by atoms with E-state index >= 15 is 0 Å². The molecule has 0 bridgehead atoms. The Labute approximate surface area is 130 Å². The number of aromatic nitrogens is 2. The van der Waals surface area contributed by atoms with Crippen molar-refractivity contribution >= 4 is 27.3 Å². The molecular weight excluding hydrogens is 310 g/mol. The Balaban J connectivity index is 2.62. The molecule has 0 saturated heterocycles. The molecule has 0 fully saturated rings. The van der Waals surface area contributed by atoms with Gasteiger partial charge in [-0.25, -0.2) is 13.4 Å². The van der Waals surface area contributed by atoms with Gasteiger partial charge in [-0.3, -0.25) is 4.40 Å². The summed E-state index contributed by atoms with van der Waals surface area (Å²) in [4.78, 5) is 4.12. The fourth-order valence-electron chi connectivity index (χ4n) is 2.23. The fourth-order valence-corrected chi connectivity index (χ4v) is 4.64. The van der Waals surface area contributed by atoms with Crippen molar-refractivity contribution in [2.45, 2.75) is 38.8 Å². The maximum Gasteiger partial charge on any atom is 0.262 e. The molecule has 0 N–H and O–H groups in total. The van der Waals surface area contributed by atoms with E-state index in [4.69, 9.17) is 11.6 Å². The van der Waals surface area contributed by atoms with Gasteiger partial charge in [-0.1, -0.05) is 31.5 Å². The van der Waals surface area contributed by atoms with E-state index in [9.17, 15) is 8.42 Å². The van der Waals surface area contributed by atoms with Crippen molar-refractivity contribution in [2.24, 2.45) is 5.92 Å². The summed E-state index contributed by atoms with van der Waals surface area (Å²) in [5.41, 5.74) is 0.523. The average molecular weight is 330 g/mol. The Hall–Kier alpha value is -1.11. The van der Waals surface area contributed by atoms with E-state index in [0.29, 0.717) is 12.2 Å². The number of nitrogens with zero attached hydrogens (tertiary/aromatic N) is 3. The van der Waals surface area contributed by atoms with Crippen LogP contribution >= 0.6 is 11.6 Å². The third-order valence-electron chi connectivity index (χ3n) is 3.12. The van der Waals surface area contributed by atoms with Crippen LogP contribution < -0.4 is 0 Å². The van der Waals surface area contributed by atoms with E-state index in [1.165, 1.54) is 8.71 Å². The normalized spacial score (nSPS) is 13.0. The third kappa shape index (κ3) is 3.07. The van der Waals surface area contributed by atoms with Crippen LogP contribution in [0.15, 0.2) is 29.4 Å². The highest BCUT2D eigenvalue weighted by Gasteiger charge is 2.33. The first kappa shape index (κ1) is 16.3. The Bertz CT molecular complexity index is 738. The molecule has 0 atom stereocenters. The van der Waals surface area contributed by atoms with Gasteiger partial charge in [-0.15, -0.1) is 0 Å². The van der Waals surface area contributed by atoms with Gasteiger partial charge in [0, 0.05) is 18.8 Å². The summed E-state index contributed by atoms with van der Waals surface area (Å²) in [5.74, 6) is 0.222. The maximum atomic E-state index is 13.0. The van der Waals surface area contributed by atoms with Crippen LogP contribution in [-0.2, 0) is 10.0 Å². The van der Waals surface area contributed by atoms with E-state index in [0.717, 1.165) is 0 Å². The van der Waals surface area contributed by atoms with Gasteiger partial charge in [0.1, 0.15) is 5.65 Å². The summed E-state index contributed by atoms with van der Waals surface area (Å²) in [5, 5.41) is 0.0460. The van der Waals surface area contributed by atoms with Crippen LogP contribution in [0.2, 0.25) is 5.15 Å². The zero-order chi connectivity index (χ0) is 15.8. The summed E-state index contributed by atoms with van der Waals surface area (Å²) in [6.45, 7) is 8.13. The standard InChI is InChI=1S/C14H20ClN3O2S/c1-10(2)9-18(11(3)4)21(19,20)14-13(15)16-12-7-5-6-8-17(12)14/h5-8,10-11H,9H2,1-4H3. The molecule has 2 heterocycles. The van der Waals surface area contributed by atoms with E-state index in [-0.39, 0.29) is 22.1 Å². The van der Waals surface area contributed by atoms with Crippen molar-refractivity contribution in [1.29, 1.82) is 0 Å². The molecule has 0 unspecified atom stereocenters. The van der Waals surface area contributed by atoms with Crippen LogP contribution in [0.25, 0.3) is 5.65 Å². The molecular formula is C14H20ClN3O2S. The molecule has 0 amide bonds. The van der Waals surface area contributed by atoms with Gasteiger partial charge in [0.15, 0.2) is 10.2 Å². The largest absolute Gasteiger partial charge is 0.288 e. The molecule has 0 saturated carbocycles. The van der Waals surface area contributed by atoms with E-state index in [1.54, 1.807) is 24.4 Å². The first-order valence-electron chi connectivity index (χ1n) is 6.89. The molecule has 21 heavy (non-hydrogen) atoms. The lowest BCUT2D eigenvalue weighted by Gasteiger charge is -2.27. The summed E-state index contributed by atoms with van der Waals surface area (Å²) in [6.07, 6.45) is 1.66. The van der Waals surface area contributed by atoms with E-state index < -0.39 is 10.0 Å². The first-order chi connectivity index (χ1) is 9.75. The van der Waals surface area contributed by atoms with Crippen molar-refractivity contribution in [3.8, 4) is 0 Å². The predicted molar refractivity (Wildman–Crippen MR) is 84.1 cm³/mol. The lowest BCUT2D eigenvalue weighted by Crippen LogP contribution is -2.40. The smallest absolute Gasteiger partial charge is 0.262 e. The molecule has 0 aliphatic rings. The lowest BCUT2D eigenvalue weighted by molar-refractivity contribution is 0.317. The fraction of sp³-hybridized carbons (Fsp3) is 0.500. The van der Waals surface area contributed by atoms with Crippen molar-refractivity contribution in [1.82, 2.24) is 13.7 Å². The summed E-state index contributed by atoms with van der Waals surface area (Å²) in [6, 6.07) is 5.13. The number of hydrogen-bond acceptors (Lipinski definition) is 3. The van der Waals surface area contributed by atoms with Gasteiger partial charge in [0.05, 0.1) is 0 Å². The minimum absolute atomic E-state index is 0.00982. The first-order valence-corrected chi connectivity index (χ1v) is 8.71. The predicted octanol–water partition coefficient (Wildman–Crippen LogP) is 3.04. The minimum Gasteiger partial charge on any atom is -0.288 e. The Morgan fingerprint density at radius 1 is 1.29 bits per heavy atom. The molecule has 5 nitrogen and oxygen atoms in total. The monoisotopic (exact) mass is 329 g/mol. The molecule has 0 aliphatic heterocycles. The third-order valence-corrected chi connectivity index (χ3v) is 5.56. The number of halogens is 1. The number of pyridine rings is 1. The van der Waals surface area contributed by atoms with Gasteiger partial charge in [0.25, 0.3) is 10.0 Å². The number of fused-ring (bicyclic) bond motifs is 1. The number of imidazole rings is 1. The van der Waals surface area contributed by atoms with Crippen LogP contribution in [0, 0.1) is 5.92 Å². The number of rotatable bonds is 5. The van der Waals surface area contributed by atoms with Crippen molar-refractivity contribution in [3.05, 3.63) is 29.5 Å². The average Bonchev–Trinajstić information content (AvgIpc) is 2.71. The van der Waals surface area contributed by atoms with E-state index in [1.807, 2.05) is 27.7 Å². The van der Waals surface area contributed by atoms with Crippen LogP contribution in [0.4, 0.5) is 0 Å². The van der Waals surface area contributed by atoms with Gasteiger partial charge in [-0.2, -0.15) is 4.31 Å². The molecule has 0 radical (unpaired) electrons. The highest BCUT2D eigenvalue weighted by Crippen LogP contribution is 2.27. The second-order valence-electron chi connectivity index (χ2n) is 5.70. The summed E-state index contributed by atoms with van der Waals surface area (Å²) < 4.78 is 29.0. The van der Waals surface area contributed by atoms with Gasteiger partial charge in [-0.05, 0) is 31.9 Å². The minimum atomic E-state index is -3.71. The summed E-state index contributed by atoms with van der Waals surface area (Å²) in [7, 11) is -3.71. The highest BCUT2D eigenvalue weighted by atomic mass is 35.5. The Kier molecular flexibility index (Phi) is 4.60. The maximum absolute atomic E-state index is 13.0. The summed E-state index contributed by atoms with van der Waals surface area (Å²) >= 11 is 6.10. The SMILES string of the molecule is CC(C)CN(C(C)C)S(=O)(=O)c1c(Cl)nc2ccccn12. The number of hydrogen-bond donors (Lipinski definition) is 0. The van der Waals surface area contributed by atoms with Crippen LogP contribution in [0.5, 0.6) is 0 Å². The molecule has 0 aromatic carbocycles. The Morgan fingerprint density at radius 3 is 2.52 bits per heavy atom. The molecule has 2 rings (SSSR count). The van der Waals surface area contributed by atoms with Crippen LogP contribution in [0.1, 0.15) is 27.7 Å². The highest BCUT2D eigenvalue weighted by molar-refractivity contribution is 7.89. The molecule has 116 valence electrons. The lowest BCUT2D eigenvalue weighted by atomic mass is 10.2. The van der Waals surface area contributed by atoms with E-state index in [2.05, 4.69) is 4.98 Å². The zero-order valence-corrected chi connectivity index (χ0v) is 14.2. The quantitative estimate of drug-likeness (QED) is 0.847. The zero-order valence-electron chi connectivity index (χ0n) is 12.6. The topological polar surface area (TPSA) is 54.7 Å². The van der Waals surface area contributed by atoms with Gasteiger partial charge in [0.2, 0.25) is 0 Å². The molecule has 2 aromatic heterocycles. The van der Waals surface area contributed by atoms with Crippen molar-refractivity contribution in [2.75, 3.05) is 6.54 Å². The second kappa shape index (κ2) is 5.94. The van der Waals surface area contributed by atoms with Gasteiger partial charge >= 0.3 is 0 Å². The molecule has 0 spiro atoms.